The molecule has 0 aromatic rings. The van der Waals surface area contributed by atoms with Crippen molar-refractivity contribution in [1.82, 2.24) is 9.80 Å². The molecular weight excluding hydrogens is 308 g/mol. The summed E-state index contributed by atoms with van der Waals surface area (Å²) in [5, 5.41) is 0. The van der Waals surface area contributed by atoms with Crippen LogP contribution < -0.4 is 0 Å². The highest BCUT2D eigenvalue weighted by atomic mass is 16.9. The Morgan fingerprint density at radius 2 is 1.74 bits per heavy atom. The lowest BCUT2D eigenvalue weighted by atomic mass is 10.1. The predicted molar refractivity (Wildman–Crippen MR) is 74.8 cm³/mol. The Hall–Kier alpha value is -1.26. The number of ether oxygens (including phenoxy) is 5. The van der Waals surface area contributed by atoms with Crippen molar-refractivity contribution in [2.75, 3.05) is 27.7 Å². The van der Waals surface area contributed by atoms with Gasteiger partial charge in [-0.15, -0.1) is 0 Å². The Labute approximate surface area is 134 Å². The van der Waals surface area contributed by atoms with Crippen LogP contribution >= 0.6 is 0 Å². The molecule has 0 aromatic carbocycles. The second-order valence-corrected chi connectivity index (χ2v) is 6.06. The van der Waals surface area contributed by atoms with Gasteiger partial charge in [0.1, 0.15) is 24.7 Å². The van der Waals surface area contributed by atoms with Gasteiger partial charge >= 0.3 is 0 Å². The van der Waals surface area contributed by atoms with E-state index in [0.717, 1.165) is 0 Å². The van der Waals surface area contributed by atoms with Crippen molar-refractivity contribution in [2.24, 2.45) is 0 Å². The molecule has 0 N–H and O–H groups in total. The Morgan fingerprint density at radius 1 is 1.00 bits per heavy atom. The number of nitrogens with zero attached hydrogens (tertiary/aromatic N) is 2. The van der Waals surface area contributed by atoms with Crippen molar-refractivity contribution in [1.29, 1.82) is 0 Å². The average Bonchev–Trinajstić information content (AvgIpc) is 3.04. The number of carbonyl (C=O) groups is 2. The summed E-state index contributed by atoms with van der Waals surface area (Å²) >= 11 is 0. The number of hydrogen-bond donors (Lipinski definition) is 0. The molecule has 3 fully saturated rings. The monoisotopic (exact) mass is 330 g/mol. The SMILES string of the molecule is CC1OCC2OC3OC(N(C)C(=O)CC(=O)N(C)C)OC3C2O1. The third-order valence-corrected chi connectivity index (χ3v) is 4.15. The van der Waals surface area contributed by atoms with E-state index in [-0.39, 0.29) is 36.7 Å². The van der Waals surface area contributed by atoms with Gasteiger partial charge in [0.15, 0.2) is 12.6 Å². The van der Waals surface area contributed by atoms with Crippen LogP contribution in [0.2, 0.25) is 0 Å². The summed E-state index contributed by atoms with van der Waals surface area (Å²) in [6.07, 6.45) is -3.02. The molecule has 0 saturated carbocycles. The average molecular weight is 330 g/mol. The quantitative estimate of drug-likeness (QED) is 0.620. The summed E-state index contributed by atoms with van der Waals surface area (Å²) in [6, 6.07) is 0. The van der Waals surface area contributed by atoms with Gasteiger partial charge < -0.3 is 28.6 Å². The standard InChI is InChI=1S/C14H22N2O7/c1-7-19-6-8-11(20-7)12-13(21-8)23-14(22-12)16(4)10(18)5-9(17)15(2)3/h7-8,11-14H,5-6H2,1-4H3. The number of hydrogen-bond acceptors (Lipinski definition) is 7. The summed E-state index contributed by atoms with van der Waals surface area (Å²) in [7, 11) is 4.72. The lowest BCUT2D eigenvalue weighted by Crippen LogP contribution is -2.47. The fourth-order valence-corrected chi connectivity index (χ4v) is 2.73. The number of carbonyl (C=O) groups excluding carboxylic acids is 2. The van der Waals surface area contributed by atoms with E-state index in [1.165, 1.54) is 16.8 Å². The van der Waals surface area contributed by atoms with Crippen LogP contribution in [-0.4, -0.2) is 86.7 Å². The van der Waals surface area contributed by atoms with Crippen LogP contribution in [0.5, 0.6) is 0 Å². The summed E-state index contributed by atoms with van der Waals surface area (Å²) in [4.78, 5) is 26.4. The van der Waals surface area contributed by atoms with Crippen molar-refractivity contribution in [3.05, 3.63) is 0 Å². The van der Waals surface area contributed by atoms with Gasteiger partial charge in [0.05, 0.1) is 6.61 Å². The van der Waals surface area contributed by atoms with E-state index >= 15 is 0 Å². The molecule has 0 bridgehead atoms. The highest BCUT2D eigenvalue weighted by molar-refractivity contribution is 5.96. The van der Waals surface area contributed by atoms with Crippen LogP contribution in [0.3, 0.4) is 0 Å². The molecule has 0 spiro atoms. The Bertz CT molecular complexity index is 486. The van der Waals surface area contributed by atoms with Crippen LogP contribution in [0.25, 0.3) is 0 Å². The van der Waals surface area contributed by atoms with Gasteiger partial charge in [-0.25, -0.2) is 0 Å². The highest BCUT2D eigenvalue weighted by Gasteiger charge is 2.56. The number of amides is 2. The van der Waals surface area contributed by atoms with Crippen molar-refractivity contribution < 1.29 is 33.3 Å². The summed E-state index contributed by atoms with van der Waals surface area (Å²) < 4.78 is 28.2. The van der Waals surface area contributed by atoms with E-state index in [4.69, 9.17) is 23.7 Å². The van der Waals surface area contributed by atoms with E-state index in [0.29, 0.717) is 6.61 Å². The summed E-state index contributed by atoms with van der Waals surface area (Å²) in [6.45, 7) is 2.22. The molecule has 0 radical (unpaired) electrons. The van der Waals surface area contributed by atoms with Gasteiger partial charge in [-0.1, -0.05) is 0 Å². The molecule has 9 heteroatoms. The van der Waals surface area contributed by atoms with Gasteiger partial charge in [0, 0.05) is 21.1 Å². The van der Waals surface area contributed by atoms with Crippen LogP contribution in [0.1, 0.15) is 13.3 Å². The number of rotatable bonds is 3. The molecule has 130 valence electrons. The van der Waals surface area contributed by atoms with Crippen LogP contribution in [0.15, 0.2) is 0 Å². The molecule has 23 heavy (non-hydrogen) atoms. The maximum Gasteiger partial charge on any atom is 0.245 e. The Balaban J connectivity index is 1.58. The zero-order valence-corrected chi connectivity index (χ0v) is 13.6. The second kappa shape index (κ2) is 6.33. The van der Waals surface area contributed by atoms with Crippen LogP contribution in [0.4, 0.5) is 0 Å². The first-order valence-corrected chi connectivity index (χ1v) is 7.56. The second-order valence-electron chi connectivity index (χ2n) is 6.06. The molecule has 6 unspecified atom stereocenters. The van der Waals surface area contributed by atoms with E-state index < -0.39 is 18.8 Å². The minimum atomic E-state index is -0.893. The number of fused-ring (bicyclic) bond motifs is 3. The largest absolute Gasteiger partial charge is 0.350 e. The molecule has 2 amide bonds. The molecular formula is C14H22N2O7. The van der Waals surface area contributed by atoms with E-state index in [1.807, 2.05) is 0 Å². The lowest BCUT2D eigenvalue weighted by Gasteiger charge is -2.32. The zero-order chi connectivity index (χ0) is 16.7. The first kappa shape index (κ1) is 16.6. The van der Waals surface area contributed by atoms with Gasteiger partial charge in [0.25, 0.3) is 0 Å². The molecule has 3 saturated heterocycles. The van der Waals surface area contributed by atoms with E-state index in [1.54, 1.807) is 21.0 Å². The van der Waals surface area contributed by atoms with Crippen molar-refractivity contribution in [3.8, 4) is 0 Å². The van der Waals surface area contributed by atoms with Crippen molar-refractivity contribution >= 4 is 11.8 Å². The summed E-state index contributed by atoms with van der Waals surface area (Å²) in [5.41, 5.74) is 0. The topological polar surface area (TPSA) is 86.8 Å². The molecule has 9 nitrogen and oxygen atoms in total. The van der Waals surface area contributed by atoms with Crippen molar-refractivity contribution in [2.45, 2.75) is 50.7 Å². The zero-order valence-electron chi connectivity index (χ0n) is 13.6. The normalized spacial score (nSPS) is 38.8. The molecule has 0 aliphatic carbocycles. The van der Waals surface area contributed by atoms with Gasteiger partial charge in [-0.2, -0.15) is 0 Å². The van der Waals surface area contributed by atoms with Gasteiger partial charge in [-0.05, 0) is 6.92 Å². The minimum Gasteiger partial charge on any atom is -0.350 e. The Morgan fingerprint density at radius 3 is 2.43 bits per heavy atom. The van der Waals surface area contributed by atoms with Gasteiger partial charge in [-0.3, -0.25) is 14.5 Å². The first-order chi connectivity index (χ1) is 10.9. The smallest absolute Gasteiger partial charge is 0.245 e. The minimum absolute atomic E-state index is 0.238. The van der Waals surface area contributed by atoms with Crippen molar-refractivity contribution in [3.63, 3.8) is 0 Å². The molecule has 6 atom stereocenters. The predicted octanol–water partition coefficient (Wildman–Crippen LogP) is -0.892. The summed E-state index contributed by atoms with van der Waals surface area (Å²) in [5.74, 6) is -0.663. The van der Waals surface area contributed by atoms with E-state index in [9.17, 15) is 9.59 Å². The molecule has 0 aromatic heterocycles. The van der Waals surface area contributed by atoms with Crippen LogP contribution in [0, 0.1) is 0 Å². The van der Waals surface area contributed by atoms with Crippen LogP contribution in [-0.2, 0) is 33.3 Å². The fraction of sp³-hybridized carbons (Fsp3) is 0.857. The lowest BCUT2D eigenvalue weighted by molar-refractivity contribution is -0.275. The third-order valence-electron chi connectivity index (χ3n) is 4.15. The first-order valence-electron chi connectivity index (χ1n) is 7.56. The Kier molecular flexibility index (Phi) is 4.56. The molecule has 3 heterocycles. The molecule has 3 aliphatic heterocycles. The maximum absolute atomic E-state index is 12.1. The maximum atomic E-state index is 12.1. The third kappa shape index (κ3) is 3.20. The van der Waals surface area contributed by atoms with E-state index in [2.05, 4.69) is 0 Å². The molecule has 3 aliphatic rings. The fourth-order valence-electron chi connectivity index (χ4n) is 2.73. The van der Waals surface area contributed by atoms with Gasteiger partial charge in [0.2, 0.25) is 18.2 Å². The highest BCUT2D eigenvalue weighted by Crippen LogP contribution is 2.37. The molecule has 3 rings (SSSR count).